The van der Waals surface area contributed by atoms with Crippen LogP contribution in [0.4, 0.5) is 0 Å². The zero-order valence-electron chi connectivity index (χ0n) is 11.3. The van der Waals surface area contributed by atoms with Gasteiger partial charge in [-0.05, 0) is 67.1 Å². The van der Waals surface area contributed by atoms with E-state index in [0.717, 1.165) is 12.3 Å². The Morgan fingerprint density at radius 1 is 1.12 bits per heavy atom. The maximum atomic E-state index is 7.48. The summed E-state index contributed by atoms with van der Waals surface area (Å²) in [5, 5.41) is 7.48. The van der Waals surface area contributed by atoms with E-state index >= 15 is 0 Å². The van der Waals surface area contributed by atoms with E-state index in [-0.39, 0.29) is 0 Å². The summed E-state index contributed by atoms with van der Waals surface area (Å²) < 4.78 is 0. The summed E-state index contributed by atoms with van der Waals surface area (Å²) in [7, 11) is 0. The van der Waals surface area contributed by atoms with Gasteiger partial charge in [-0.15, -0.1) is 0 Å². The van der Waals surface area contributed by atoms with Crippen molar-refractivity contribution in [3.05, 3.63) is 0 Å². The summed E-state index contributed by atoms with van der Waals surface area (Å²) in [5.41, 5.74) is 7.31. The summed E-state index contributed by atoms with van der Waals surface area (Å²) in [6.45, 7) is 5.02. The number of hydrogen-bond acceptors (Lipinski definition) is 1. The van der Waals surface area contributed by atoms with Crippen molar-refractivity contribution in [3.8, 4) is 0 Å². The maximum absolute atomic E-state index is 7.48. The highest BCUT2D eigenvalue weighted by atomic mass is 14.7. The van der Waals surface area contributed by atoms with Crippen LogP contribution in [0.1, 0.15) is 65.2 Å². The molecule has 2 heteroatoms. The molecule has 0 heterocycles. The zero-order chi connectivity index (χ0) is 12.3. The summed E-state index contributed by atoms with van der Waals surface area (Å²) in [6.07, 6.45) is 10.6. The second-order valence-electron chi connectivity index (χ2n) is 8.16. The van der Waals surface area contributed by atoms with Gasteiger partial charge in [-0.3, -0.25) is 5.41 Å². The quantitative estimate of drug-likeness (QED) is 0.568. The van der Waals surface area contributed by atoms with Gasteiger partial charge in [0, 0.05) is 6.42 Å². The predicted octanol–water partition coefficient (Wildman–Crippen LogP) is 3.70. The molecule has 17 heavy (non-hydrogen) atoms. The van der Waals surface area contributed by atoms with Crippen molar-refractivity contribution in [2.24, 2.45) is 27.9 Å². The van der Waals surface area contributed by atoms with Crippen LogP contribution in [0.2, 0.25) is 0 Å². The fraction of sp³-hybridized carbons (Fsp3) is 0.933. The lowest BCUT2D eigenvalue weighted by Gasteiger charge is -2.65. The molecular weight excluding hydrogens is 208 g/mol. The fourth-order valence-electron chi connectivity index (χ4n) is 6.36. The van der Waals surface area contributed by atoms with Gasteiger partial charge in [-0.2, -0.15) is 0 Å². The number of hydrogen-bond donors (Lipinski definition) is 2. The van der Waals surface area contributed by atoms with E-state index in [1.54, 1.807) is 0 Å². The van der Waals surface area contributed by atoms with Crippen LogP contribution in [0.3, 0.4) is 0 Å². The molecule has 96 valence electrons. The number of nitrogens with one attached hydrogen (secondary N) is 1. The first-order valence-corrected chi connectivity index (χ1v) is 7.15. The third-order valence-corrected chi connectivity index (χ3v) is 5.67. The highest BCUT2D eigenvalue weighted by Crippen LogP contribution is 2.70. The van der Waals surface area contributed by atoms with Gasteiger partial charge in [0.15, 0.2) is 0 Å². The lowest BCUT2D eigenvalue weighted by atomic mass is 9.40. The Hall–Kier alpha value is -0.530. The van der Waals surface area contributed by atoms with Gasteiger partial charge in [-0.1, -0.05) is 13.8 Å². The molecule has 0 aromatic carbocycles. The molecule has 0 amide bonds. The molecule has 4 saturated carbocycles. The Labute approximate surface area is 105 Å². The Morgan fingerprint density at radius 2 is 1.71 bits per heavy atom. The van der Waals surface area contributed by atoms with Crippen molar-refractivity contribution in [1.82, 2.24) is 0 Å². The smallest absolute Gasteiger partial charge is 0.0905 e. The molecule has 0 aromatic heterocycles. The lowest BCUT2D eigenvalue weighted by molar-refractivity contribution is -0.146. The number of rotatable bonds is 3. The van der Waals surface area contributed by atoms with Crippen molar-refractivity contribution >= 4 is 5.84 Å². The Morgan fingerprint density at radius 3 is 2.18 bits per heavy atom. The van der Waals surface area contributed by atoms with E-state index in [1.165, 1.54) is 44.9 Å². The van der Waals surface area contributed by atoms with Crippen LogP contribution in [0.15, 0.2) is 0 Å². The van der Waals surface area contributed by atoms with Crippen LogP contribution >= 0.6 is 0 Å². The third-order valence-electron chi connectivity index (χ3n) is 5.67. The molecule has 4 rings (SSSR count). The largest absolute Gasteiger partial charge is 0.388 e. The molecule has 4 fully saturated rings. The fourth-order valence-corrected chi connectivity index (χ4v) is 6.36. The highest BCUT2D eigenvalue weighted by Gasteiger charge is 2.59. The molecule has 2 atom stereocenters. The van der Waals surface area contributed by atoms with Crippen LogP contribution in [-0.2, 0) is 0 Å². The van der Waals surface area contributed by atoms with Crippen molar-refractivity contribution in [2.45, 2.75) is 65.2 Å². The Balaban J connectivity index is 1.84. The Bertz CT molecular complexity index is 342. The number of amidine groups is 1. The lowest BCUT2D eigenvalue weighted by Crippen LogP contribution is -2.55. The molecular formula is C15H26N2. The minimum Gasteiger partial charge on any atom is -0.388 e. The highest BCUT2D eigenvalue weighted by molar-refractivity contribution is 5.76. The average molecular weight is 234 g/mol. The predicted molar refractivity (Wildman–Crippen MR) is 71.0 cm³/mol. The third kappa shape index (κ3) is 1.90. The van der Waals surface area contributed by atoms with Gasteiger partial charge in [0.25, 0.3) is 0 Å². The van der Waals surface area contributed by atoms with E-state index in [0.29, 0.717) is 22.1 Å². The van der Waals surface area contributed by atoms with Crippen molar-refractivity contribution < 1.29 is 0 Å². The number of nitrogens with two attached hydrogens (primary N) is 1. The van der Waals surface area contributed by atoms with Gasteiger partial charge >= 0.3 is 0 Å². The maximum Gasteiger partial charge on any atom is 0.0905 e. The summed E-state index contributed by atoms with van der Waals surface area (Å²) >= 11 is 0. The molecule has 4 bridgehead atoms. The Kier molecular flexibility index (Phi) is 2.22. The van der Waals surface area contributed by atoms with E-state index in [9.17, 15) is 0 Å². The van der Waals surface area contributed by atoms with Gasteiger partial charge < -0.3 is 5.73 Å². The minimum atomic E-state index is 0.385. The first kappa shape index (κ1) is 11.6. The minimum absolute atomic E-state index is 0.385. The molecule has 4 aliphatic rings. The van der Waals surface area contributed by atoms with Crippen LogP contribution < -0.4 is 5.73 Å². The molecule has 0 radical (unpaired) electrons. The normalized spacial score (nSPS) is 51.8. The SMILES string of the molecule is CC12CC3CC(C)(C1)CC(CCC(=N)N)(C3)C2. The molecule has 2 nitrogen and oxygen atoms in total. The molecule has 0 saturated heterocycles. The van der Waals surface area contributed by atoms with Crippen LogP contribution in [0.25, 0.3) is 0 Å². The van der Waals surface area contributed by atoms with Crippen molar-refractivity contribution in [1.29, 1.82) is 5.41 Å². The first-order valence-electron chi connectivity index (χ1n) is 7.15. The zero-order valence-corrected chi connectivity index (χ0v) is 11.3. The summed E-state index contributed by atoms with van der Waals surface area (Å²) in [6, 6.07) is 0. The van der Waals surface area contributed by atoms with E-state index < -0.39 is 0 Å². The van der Waals surface area contributed by atoms with E-state index in [1.807, 2.05) is 0 Å². The second-order valence-corrected chi connectivity index (χ2v) is 8.16. The molecule has 2 unspecified atom stereocenters. The van der Waals surface area contributed by atoms with E-state index in [4.69, 9.17) is 11.1 Å². The van der Waals surface area contributed by atoms with Crippen LogP contribution in [0.5, 0.6) is 0 Å². The van der Waals surface area contributed by atoms with Gasteiger partial charge in [-0.25, -0.2) is 0 Å². The molecule has 0 aliphatic heterocycles. The van der Waals surface area contributed by atoms with Crippen LogP contribution in [-0.4, -0.2) is 5.84 Å². The van der Waals surface area contributed by atoms with E-state index in [2.05, 4.69) is 13.8 Å². The van der Waals surface area contributed by atoms with Gasteiger partial charge in [0.2, 0.25) is 0 Å². The monoisotopic (exact) mass is 234 g/mol. The first-order chi connectivity index (χ1) is 7.82. The summed E-state index contributed by atoms with van der Waals surface area (Å²) in [5.74, 6) is 1.35. The molecule has 0 spiro atoms. The van der Waals surface area contributed by atoms with Crippen molar-refractivity contribution in [3.63, 3.8) is 0 Å². The molecule has 4 aliphatic carbocycles. The standard InChI is InChI=1S/C15H26N2/c1-13-5-11-6-14(2,8-13)10-15(7-11,9-13)4-3-12(16)17/h11H,3-10H2,1-2H3,(H3,16,17). The average Bonchev–Trinajstić information content (AvgIpc) is 2.08. The molecule has 0 aromatic rings. The van der Waals surface area contributed by atoms with Crippen LogP contribution in [0, 0.1) is 27.6 Å². The molecule has 3 N–H and O–H groups in total. The topological polar surface area (TPSA) is 49.9 Å². The van der Waals surface area contributed by atoms with Gasteiger partial charge in [0.05, 0.1) is 5.84 Å². The summed E-state index contributed by atoms with van der Waals surface area (Å²) in [4.78, 5) is 0. The van der Waals surface area contributed by atoms with Crippen molar-refractivity contribution in [2.75, 3.05) is 0 Å². The van der Waals surface area contributed by atoms with Gasteiger partial charge in [0.1, 0.15) is 0 Å². The second kappa shape index (κ2) is 3.27.